The van der Waals surface area contributed by atoms with Gasteiger partial charge in [0.15, 0.2) is 5.37 Å². The summed E-state index contributed by atoms with van der Waals surface area (Å²) in [5.74, 6) is -0.745. The van der Waals surface area contributed by atoms with Gasteiger partial charge in [-0.3, -0.25) is 14.6 Å². The number of sulfone groups is 1. The van der Waals surface area contributed by atoms with Crippen LogP contribution in [0.4, 0.5) is 10.1 Å². The third-order valence-corrected chi connectivity index (χ3v) is 8.53. The number of fused-ring (bicyclic) bond motifs is 1. The lowest BCUT2D eigenvalue weighted by Gasteiger charge is -2.36. The number of carbonyl (C=O) groups excluding carboxylic acids is 1. The molecule has 2 aliphatic rings. The maximum absolute atomic E-state index is 14.1. The van der Waals surface area contributed by atoms with Gasteiger partial charge in [-0.25, -0.2) is 12.8 Å². The molecule has 2 aromatic rings. The second-order valence-corrected chi connectivity index (χ2v) is 11.0. The molecule has 4 rings (SSSR count). The van der Waals surface area contributed by atoms with E-state index in [1.165, 1.54) is 35.2 Å². The molecule has 1 N–H and O–H groups in total. The van der Waals surface area contributed by atoms with E-state index in [4.69, 9.17) is 0 Å². The number of rotatable bonds is 4. The molecular weight excluding hydrogens is 488 g/mol. The van der Waals surface area contributed by atoms with Gasteiger partial charge in [0.1, 0.15) is 5.82 Å². The molecule has 0 aliphatic carbocycles. The molecule has 2 unspecified atom stereocenters. The van der Waals surface area contributed by atoms with E-state index in [1.54, 1.807) is 32.0 Å². The van der Waals surface area contributed by atoms with E-state index in [0.717, 1.165) is 6.54 Å². The summed E-state index contributed by atoms with van der Waals surface area (Å²) in [5, 5.41) is 2.18. The summed E-state index contributed by atoms with van der Waals surface area (Å²) in [7, 11) is -3.92. The fraction of sp³-hybridized carbons (Fsp3) is 0.435. The molecule has 33 heavy (non-hydrogen) atoms. The largest absolute Gasteiger partial charge is 0.312 e. The highest BCUT2D eigenvalue weighted by molar-refractivity contribution is 7.92. The van der Waals surface area contributed by atoms with Crippen molar-refractivity contribution in [3.8, 4) is 0 Å². The quantitative estimate of drug-likeness (QED) is 0.672. The van der Waals surface area contributed by atoms with Crippen molar-refractivity contribution in [3.63, 3.8) is 0 Å². The molecule has 2 atom stereocenters. The zero-order valence-corrected chi connectivity index (χ0v) is 21.3. The fourth-order valence-corrected chi connectivity index (χ4v) is 6.98. The summed E-state index contributed by atoms with van der Waals surface area (Å²) in [6.07, 6.45) is 0. The molecule has 0 bridgehead atoms. The Bertz CT molecular complexity index is 1100. The summed E-state index contributed by atoms with van der Waals surface area (Å²) in [5.41, 5.74) is 0.00142. The highest BCUT2D eigenvalue weighted by atomic mass is 35.5. The van der Waals surface area contributed by atoms with E-state index in [-0.39, 0.29) is 48.2 Å². The highest BCUT2D eigenvalue weighted by Gasteiger charge is 2.54. The molecule has 1 fully saturated rings. The first kappa shape index (κ1) is 27.5. The number of amides is 1. The van der Waals surface area contributed by atoms with Crippen LogP contribution in [0, 0.1) is 5.82 Å². The number of hydrogen-bond acceptors (Lipinski definition) is 5. The molecule has 6 nitrogen and oxygen atoms in total. The van der Waals surface area contributed by atoms with Crippen LogP contribution in [-0.2, 0) is 20.0 Å². The standard InChI is InChI=1S/C23H28FN3O3S.2ClH/c1-16-14-26(12-11-25-16)15-21(28)27-20-10-9-17(24)13-19(20)23(2,3)22(27)31(29,30)18-7-5-4-6-8-18;;/h4-10,13,16,22,25H,11-12,14-15H2,1-3H3;2*1H. The maximum Gasteiger partial charge on any atom is 0.242 e. The Morgan fingerprint density at radius 3 is 2.45 bits per heavy atom. The van der Waals surface area contributed by atoms with Crippen molar-refractivity contribution in [2.75, 3.05) is 31.1 Å². The first-order valence-electron chi connectivity index (χ1n) is 10.5. The lowest BCUT2D eigenvalue weighted by Crippen LogP contribution is -2.55. The molecule has 182 valence electrons. The van der Waals surface area contributed by atoms with Crippen molar-refractivity contribution < 1.29 is 17.6 Å². The van der Waals surface area contributed by atoms with E-state index >= 15 is 0 Å². The first-order valence-corrected chi connectivity index (χ1v) is 12.0. The molecule has 0 spiro atoms. The maximum atomic E-state index is 14.1. The topological polar surface area (TPSA) is 69.7 Å². The van der Waals surface area contributed by atoms with Gasteiger partial charge in [0.25, 0.3) is 0 Å². The van der Waals surface area contributed by atoms with Gasteiger partial charge in [0, 0.05) is 36.8 Å². The van der Waals surface area contributed by atoms with Gasteiger partial charge in [-0.1, -0.05) is 32.0 Å². The zero-order chi connectivity index (χ0) is 22.4. The van der Waals surface area contributed by atoms with Crippen LogP contribution in [0.3, 0.4) is 0 Å². The molecule has 0 radical (unpaired) electrons. The summed E-state index contributed by atoms with van der Waals surface area (Å²) in [4.78, 5) is 17.1. The zero-order valence-electron chi connectivity index (χ0n) is 18.8. The Labute approximate surface area is 207 Å². The van der Waals surface area contributed by atoms with Crippen LogP contribution in [0.25, 0.3) is 0 Å². The van der Waals surface area contributed by atoms with Gasteiger partial charge in [0.05, 0.1) is 11.4 Å². The van der Waals surface area contributed by atoms with Gasteiger partial charge < -0.3 is 5.32 Å². The summed E-state index contributed by atoms with van der Waals surface area (Å²) in [6, 6.07) is 12.5. The van der Waals surface area contributed by atoms with E-state index in [9.17, 15) is 17.6 Å². The number of piperazine rings is 1. The van der Waals surface area contributed by atoms with E-state index in [0.29, 0.717) is 24.3 Å². The van der Waals surface area contributed by atoms with Crippen LogP contribution >= 0.6 is 24.8 Å². The number of nitrogens with one attached hydrogen (secondary N) is 1. The molecule has 2 aliphatic heterocycles. The minimum atomic E-state index is -3.92. The second kappa shape index (κ2) is 10.3. The minimum absolute atomic E-state index is 0. The highest BCUT2D eigenvalue weighted by Crippen LogP contribution is 2.48. The molecule has 0 aromatic heterocycles. The number of hydrogen-bond donors (Lipinski definition) is 1. The number of carbonyl (C=O) groups is 1. The molecule has 1 amide bonds. The van der Waals surface area contributed by atoms with Crippen LogP contribution < -0.4 is 10.2 Å². The van der Waals surface area contributed by atoms with Crippen LogP contribution in [0.5, 0.6) is 0 Å². The minimum Gasteiger partial charge on any atom is -0.312 e. The third-order valence-electron chi connectivity index (χ3n) is 6.21. The lowest BCUT2D eigenvalue weighted by molar-refractivity contribution is -0.120. The van der Waals surface area contributed by atoms with Gasteiger partial charge in [-0.05, 0) is 42.8 Å². The Morgan fingerprint density at radius 2 is 1.82 bits per heavy atom. The normalized spacial score (nSPS) is 22.1. The average molecular weight is 518 g/mol. The van der Waals surface area contributed by atoms with Crippen LogP contribution in [0.1, 0.15) is 26.3 Å². The van der Waals surface area contributed by atoms with Gasteiger partial charge >= 0.3 is 0 Å². The molecular formula is C23H30Cl2FN3O3S. The summed E-state index contributed by atoms with van der Waals surface area (Å²) >= 11 is 0. The monoisotopic (exact) mass is 517 g/mol. The molecule has 0 saturated carbocycles. The SMILES string of the molecule is CC1CN(CC(=O)N2c3ccc(F)cc3C(C)(C)C2S(=O)(=O)c2ccccc2)CCN1.Cl.Cl. The predicted molar refractivity (Wildman–Crippen MR) is 133 cm³/mol. The van der Waals surface area contributed by atoms with E-state index in [2.05, 4.69) is 12.2 Å². The van der Waals surface area contributed by atoms with Crippen LogP contribution in [0.15, 0.2) is 53.4 Å². The van der Waals surface area contributed by atoms with Crippen LogP contribution in [-0.4, -0.2) is 56.8 Å². The van der Waals surface area contributed by atoms with Crippen LogP contribution in [0.2, 0.25) is 0 Å². The number of benzene rings is 2. The van der Waals surface area contributed by atoms with Crippen molar-refractivity contribution in [3.05, 3.63) is 59.9 Å². The van der Waals surface area contributed by atoms with Crippen molar-refractivity contribution in [2.45, 2.75) is 42.5 Å². The van der Waals surface area contributed by atoms with Crippen molar-refractivity contribution in [2.24, 2.45) is 0 Å². The molecule has 10 heteroatoms. The number of nitrogens with zero attached hydrogens (tertiary/aromatic N) is 2. The molecule has 2 aromatic carbocycles. The predicted octanol–water partition coefficient (Wildman–Crippen LogP) is 3.39. The van der Waals surface area contributed by atoms with Gasteiger partial charge in [-0.2, -0.15) is 0 Å². The Hall–Kier alpha value is -1.71. The Morgan fingerprint density at radius 1 is 1.15 bits per heavy atom. The smallest absolute Gasteiger partial charge is 0.242 e. The van der Waals surface area contributed by atoms with Gasteiger partial charge in [-0.15, -0.1) is 24.8 Å². The van der Waals surface area contributed by atoms with Crippen molar-refractivity contribution in [1.29, 1.82) is 0 Å². The van der Waals surface area contributed by atoms with E-state index in [1.807, 2.05) is 4.90 Å². The van der Waals surface area contributed by atoms with Gasteiger partial charge in [0.2, 0.25) is 15.7 Å². The number of anilines is 1. The third kappa shape index (κ3) is 5.05. The summed E-state index contributed by atoms with van der Waals surface area (Å²) in [6.45, 7) is 7.87. The van der Waals surface area contributed by atoms with Crippen molar-refractivity contribution >= 4 is 46.2 Å². The lowest BCUT2D eigenvalue weighted by atomic mass is 9.86. The van der Waals surface area contributed by atoms with Crippen molar-refractivity contribution in [1.82, 2.24) is 10.2 Å². The number of halogens is 3. The Balaban J connectivity index is 0.00000193. The molecule has 2 heterocycles. The average Bonchev–Trinajstić information content (AvgIpc) is 2.96. The first-order chi connectivity index (χ1) is 14.6. The molecule has 1 saturated heterocycles. The summed E-state index contributed by atoms with van der Waals surface area (Å²) < 4.78 is 41.6. The second-order valence-electron chi connectivity index (χ2n) is 8.95. The fourth-order valence-electron chi connectivity index (χ4n) is 4.77. The Kier molecular flexibility index (Phi) is 8.57. The van der Waals surface area contributed by atoms with E-state index < -0.39 is 26.4 Å².